The van der Waals surface area contributed by atoms with Crippen LogP contribution in [0.2, 0.25) is 0 Å². The topological polar surface area (TPSA) is 52.0 Å². The molecule has 1 aromatic heterocycles. The second-order valence-electron chi connectivity index (χ2n) is 4.99. The lowest BCUT2D eigenvalue weighted by Crippen LogP contribution is -2.53. The molecule has 0 saturated heterocycles. The Morgan fingerprint density at radius 3 is 2.47 bits per heavy atom. The molecule has 5 nitrogen and oxygen atoms in total. The molecule has 1 atom stereocenters. The van der Waals surface area contributed by atoms with Gasteiger partial charge in [-0.05, 0) is 25.8 Å². The number of nitrogens with zero attached hydrogens (tertiary/aromatic N) is 3. The molecule has 0 fully saturated rings. The average Bonchev–Trinajstić information content (AvgIpc) is 2.83. The highest BCUT2D eigenvalue weighted by Gasteiger charge is 2.36. The van der Waals surface area contributed by atoms with Crippen LogP contribution in [0.3, 0.4) is 0 Å². The van der Waals surface area contributed by atoms with Crippen molar-refractivity contribution in [2.45, 2.75) is 58.1 Å². The van der Waals surface area contributed by atoms with E-state index in [1.54, 1.807) is 6.33 Å². The molecule has 5 heteroatoms. The maximum absolute atomic E-state index is 5.86. The first-order valence-corrected chi connectivity index (χ1v) is 7.24. The zero-order valence-corrected chi connectivity index (χ0v) is 12.9. The first-order valence-electron chi connectivity index (χ1n) is 7.24. The van der Waals surface area contributed by atoms with E-state index in [9.17, 15) is 0 Å². The zero-order valence-electron chi connectivity index (χ0n) is 12.9. The summed E-state index contributed by atoms with van der Waals surface area (Å²) in [6.07, 6.45) is 5.53. The first-order chi connectivity index (χ1) is 9.13. The van der Waals surface area contributed by atoms with Gasteiger partial charge in [0.15, 0.2) is 0 Å². The van der Waals surface area contributed by atoms with E-state index in [2.05, 4.69) is 36.2 Å². The highest BCUT2D eigenvalue weighted by Crippen LogP contribution is 2.26. The van der Waals surface area contributed by atoms with E-state index < -0.39 is 0 Å². The number of aryl methyl sites for hydroxylation is 1. The Labute approximate surface area is 116 Å². The third-order valence-corrected chi connectivity index (χ3v) is 4.07. The third-order valence-electron chi connectivity index (χ3n) is 4.07. The van der Waals surface area contributed by atoms with Crippen LogP contribution in [0.15, 0.2) is 6.33 Å². The molecular weight excluding hydrogens is 240 g/mol. The van der Waals surface area contributed by atoms with Crippen LogP contribution >= 0.6 is 0 Å². The highest BCUT2D eigenvalue weighted by atomic mass is 16.5. The van der Waals surface area contributed by atoms with Crippen molar-refractivity contribution in [2.75, 3.05) is 13.7 Å². The van der Waals surface area contributed by atoms with E-state index in [1.807, 2.05) is 18.8 Å². The fourth-order valence-electron chi connectivity index (χ4n) is 2.62. The number of hydrogen-bond acceptors (Lipinski definition) is 4. The van der Waals surface area contributed by atoms with E-state index >= 15 is 0 Å². The lowest BCUT2D eigenvalue weighted by molar-refractivity contribution is -0.0477. The van der Waals surface area contributed by atoms with Crippen LogP contribution in [-0.2, 0) is 18.2 Å². The first kappa shape index (κ1) is 16.1. The number of hydrogen-bond donors (Lipinski definition) is 1. The molecule has 1 unspecified atom stereocenters. The summed E-state index contributed by atoms with van der Waals surface area (Å²) >= 11 is 0. The van der Waals surface area contributed by atoms with Gasteiger partial charge in [-0.1, -0.05) is 20.8 Å². The molecule has 110 valence electrons. The molecule has 19 heavy (non-hydrogen) atoms. The number of methoxy groups -OCH3 is 1. The molecule has 0 saturated carbocycles. The molecule has 0 amide bonds. The Hall–Kier alpha value is -0.940. The largest absolute Gasteiger partial charge is 0.377 e. The fourth-order valence-corrected chi connectivity index (χ4v) is 2.62. The van der Waals surface area contributed by atoms with Crippen LogP contribution in [0, 0.1) is 0 Å². The predicted molar refractivity (Wildman–Crippen MR) is 77.1 cm³/mol. The van der Waals surface area contributed by atoms with E-state index in [0.717, 1.165) is 38.1 Å². The minimum Gasteiger partial charge on any atom is -0.377 e. The molecule has 0 aromatic carbocycles. The van der Waals surface area contributed by atoms with Crippen molar-refractivity contribution in [1.29, 1.82) is 0 Å². The number of nitrogens with one attached hydrogen (secondary N) is 1. The van der Waals surface area contributed by atoms with Gasteiger partial charge in [0.2, 0.25) is 0 Å². The van der Waals surface area contributed by atoms with Crippen LogP contribution < -0.4 is 5.32 Å². The number of ether oxygens (including phenoxy) is 1. The maximum atomic E-state index is 5.86. The molecule has 0 radical (unpaired) electrons. The minimum absolute atomic E-state index is 0.138. The van der Waals surface area contributed by atoms with Crippen molar-refractivity contribution < 1.29 is 4.74 Å². The summed E-state index contributed by atoms with van der Waals surface area (Å²) in [7, 11) is 3.75. The van der Waals surface area contributed by atoms with Gasteiger partial charge in [0.1, 0.15) is 12.2 Å². The monoisotopic (exact) mass is 268 g/mol. The van der Waals surface area contributed by atoms with Gasteiger partial charge in [0.05, 0.1) is 5.60 Å². The van der Waals surface area contributed by atoms with Gasteiger partial charge >= 0.3 is 0 Å². The summed E-state index contributed by atoms with van der Waals surface area (Å²) in [6, 6.07) is 0.260. The Morgan fingerprint density at radius 1 is 1.37 bits per heavy atom. The zero-order chi connectivity index (χ0) is 14.3. The molecule has 0 aliphatic carbocycles. The standard InChI is InChI=1S/C14H28N4O/c1-6-9-15-12(14(7-2,8-3)19-5)10-13-16-11-17-18(13)4/h11-12,15H,6-10H2,1-5H3. The average molecular weight is 268 g/mol. The van der Waals surface area contributed by atoms with Crippen molar-refractivity contribution in [3.05, 3.63) is 12.2 Å². The van der Waals surface area contributed by atoms with Gasteiger partial charge < -0.3 is 10.1 Å². The van der Waals surface area contributed by atoms with E-state index in [4.69, 9.17) is 4.74 Å². The van der Waals surface area contributed by atoms with Crippen molar-refractivity contribution in [1.82, 2.24) is 20.1 Å². The summed E-state index contributed by atoms with van der Waals surface area (Å²) < 4.78 is 7.70. The third kappa shape index (κ3) is 3.76. The molecule has 0 aliphatic rings. The summed E-state index contributed by atoms with van der Waals surface area (Å²) in [4.78, 5) is 4.34. The van der Waals surface area contributed by atoms with Crippen LogP contribution in [0.25, 0.3) is 0 Å². The quantitative estimate of drug-likeness (QED) is 0.743. The molecule has 0 aliphatic heterocycles. The summed E-state index contributed by atoms with van der Waals surface area (Å²) in [5.41, 5.74) is -0.138. The van der Waals surface area contributed by atoms with Gasteiger partial charge in [-0.2, -0.15) is 5.10 Å². The predicted octanol–water partition coefficient (Wildman–Crippen LogP) is 1.93. The van der Waals surface area contributed by atoms with Crippen LogP contribution in [0.5, 0.6) is 0 Å². The SMILES string of the molecule is CCCNC(Cc1ncnn1C)C(CC)(CC)OC. The Morgan fingerprint density at radius 2 is 2.05 bits per heavy atom. The number of aromatic nitrogens is 3. The Balaban J connectivity index is 2.89. The Bertz CT molecular complexity index is 352. The van der Waals surface area contributed by atoms with Gasteiger partial charge in [0.25, 0.3) is 0 Å². The van der Waals surface area contributed by atoms with Gasteiger partial charge in [-0.15, -0.1) is 0 Å². The van der Waals surface area contributed by atoms with Crippen molar-refractivity contribution in [3.8, 4) is 0 Å². The van der Waals surface area contributed by atoms with Crippen LogP contribution in [-0.4, -0.2) is 40.1 Å². The van der Waals surface area contributed by atoms with Crippen LogP contribution in [0.1, 0.15) is 45.9 Å². The normalized spacial score (nSPS) is 13.7. The Kier molecular flexibility index (Phi) is 6.45. The van der Waals surface area contributed by atoms with E-state index in [0.29, 0.717) is 0 Å². The van der Waals surface area contributed by atoms with Gasteiger partial charge in [-0.3, -0.25) is 4.68 Å². The van der Waals surface area contributed by atoms with Crippen molar-refractivity contribution in [2.24, 2.45) is 7.05 Å². The minimum atomic E-state index is -0.138. The van der Waals surface area contributed by atoms with E-state index in [1.165, 1.54) is 0 Å². The molecule has 1 N–H and O–H groups in total. The fraction of sp³-hybridized carbons (Fsp3) is 0.857. The summed E-state index contributed by atoms with van der Waals surface area (Å²) in [5.74, 6) is 0.997. The molecule has 1 rings (SSSR count). The lowest BCUT2D eigenvalue weighted by Gasteiger charge is -2.39. The molecular formula is C14H28N4O. The summed E-state index contributed by atoms with van der Waals surface area (Å²) in [6.45, 7) is 7.54. The van der Waals surface area contributed by atoms with E-state index in [-0.39, 0.29) is 11.6 Å². The lowest BCUT2D eigenvalue weighted by atomic mass is 9.85. The van der Waals surface area contributed by atoms with Crippen molar-refractivity contribution >= 4 is 0 Å². The molecule has 1 aromatic rings. The van der Waals surface area contributed by atoms with Gasteiger partial charge in [-0.25, -0.2) is 4.98 Å². The summed E-state index contributed by atoms with van der Waals surface area (Å²) in [5, 5.41) is 7.77. The molecule has 1 heterocycles. The second kappa shape index (κ2) is 7.60. The number of rotatable bonds is 9. The molecule has 0 spiro atoms. The van der Waals surface area contributed by atoms with Gasteiger partial charge in [0, 0.05) is 26.6 Å². The maximum Gasteiger partial charge on any atom is 0.138 e. The van der Waals surface area contributed by atoms with Crippen LogP contribution in [0.4, 0.5) is 0 Å². The smallest absolute Gasteiger partial charge is 0.138 e. The highest BCUT2D eigenvalue weighted by molar-refractivity contribution is 4.99. The second-order valence-corrected chi connectivity index (χ2v) is 4.99. The molecule has 0 bridgehead atoms. The van der Waals surface area contributed by atoms with Crippen molar-refractivity contribution in [3.63, 3.8) is 0 Å².